The normalized spacial score (nSPS) is 32.1. The van der Waals surface area contributed by atoms with Crippen molar-refractivity contribution in [3.8, 4) is 0 Å². The summed E-state index contributed by atoms with van der Waals surface area (Å²) in [6.07, 6.45) is 4.90. The van der Waals surface area contributed by atoms with Crippen molar-refractivity contribution in [1.29, 1.82) is 0 Å². The van der Waals surface area contributed by atoms with Crippen LogP contribution in [0.3, 0.4) is 0 Å². The Kier molecular flexibility index (Phi) is 5.03. The molecule has 0 radical (unpaired) electrons. The van der Waals surface area contributed by atoms with Gasteiger partial charge < -0.3 is 14.6 Å². The molecule has 2 unspecified atom stereocenters. The van der Waals surface area contributed by atoms with Gasteiger partial charge in [0.15, 0.2) is 0 Å². The largest absolute Gasteiger partial charge is 0.396 e. The molecule has 2 aliphatic rings. The van der Waals surface area contributed by atoms with Crippen molar-refractivity contribution < 1.29 is 14.6 Å². The number of hydrogen-bond donors (Lipinski definition) is 1. The second kappa shape index (κ2) is 6.55. The predicted octanol–water partition coefficient (Wildman–Crippen LogP) is 0.639. The topological polar surface area (TPSA) is 41.9 Å². The van der Waals surface area contributed by atoms with Gasteiger partial charge >= 0.3 is 0 Å². The zero-order valence-electron chi connectivity index (χ0n) is 9.94. The van der Waals surface area contributed by atoms with Gasteiger partial charge in [-0.05, 0) is 32.2 Å². The molecule has 0 aliphatic carbocycles. The summed E-state index contributed by atoms with van der Waals surface area (Å²) in [5.74, 6) is 0. The number of morpholine rings is 1. The van der Waals surface area contributed by atoms with Gasteiger partial charge in [0, 0.05) is 26.3 Å². The Morgan fingerprint density at radius 1 is 1.12 bits per heavy atom. The molecule has 0 aromatic heterocycles. The zero-order valence-corrected chi connectivity index (χ0v) is 9.94. The van der Waals surface area contributed by atoms with E-state index in [2.05, 4.69) is 4.90 Å². The Morgan fingerprint density at radius 3 is 2.75 bits per heavy atom. The van der Waals surface area contributed by atoms with E-state index in [0.29, 0.717) is 12.7 Å². The predicted molar refractivity (Wildman–Crippen MR) is 61.5 cm³/mol. The van der Waals surface area contributed by atoms with E-state index in [1.807, 2.05) is 0 Å². The second-order valence-corrected chi connectivity index (χ2v) is 4.69. The van der Waals surface area contributed by atoms with Gasteiger partial charge in [0.1, 0.15) is 0 Å². The second-order valence-electron chi connectivity index (χ2n) is 4.69. The molecule has 2 aliphatic heterocycles. The van der Waals surface area contributed by atoms with Crippen LogP contribution in [0.5, 0.6) is 0 Å². The van der Waals surface area contributed by atoms with Gasteiger partial charge in [-0.15, -0.1) is 0 Å². The fraction of sp³-hybridized carbons (Fsp3) is 1.00. The minimum atomic E-state index is 0.269. The first kappa shape index (κ1) is 12.3. The van der Waals surface area contributed by atoms with Gasteiger partial charge in [0.05, 0.1) is 18.8 Å². The van der Waals surface area contributed by atoms with Crippen LogP contribution in [0.1, 0.15) is 25.7 Å². The standard InChI is InChI=1S/C12H23NO3/c14-7-2-1-5-13-6-9-16-12(10-13)11-4-3-8-15-11/h11-12,14H,1-10H2. The quantitative estimate of drug-likeness (QED) is 0.702. The van der Waals surface area contributed by atoms with Crippen LogP contribution in [0.25, 0.3) is 0 Å². The molecule has 0 spiro atoms. The van der Waals surface area contributed by atoms with E-state index in [4.69, 9.17) is 14.6 Å². The maximum Gasteiger partial charge on any atom is 0.0963 e. The third-order valence-electron chi connectivity index (χ3n) is 3.44. The first-order chi connectivity index (χ1) is 7.90. The van der Waals surface area contributed by atoms with Crippen LogP contribution >= 0.6 is 0 Å². The molecule has 0 bridgehead atoms. The molecule has 94 valence electrons. The van der Waals surface area contributed by atoms with Crippen molar-refractivity contribution in [3.63, 3.8) is 0 Å². The summed E-state index contributed by atoms with van der Waals surface area (Å²) in [5, 5.41) is 8.76. The van der Waals surface area contributed by atoms with E-state index in [9.17, 15) is 0 Å². The van der Waals surface area contributed by atoms with E-state index in [-0.39, 0.29) is 6.10 Å². The Labute approximate surface area is 97.5 Å². The number of nitrogens with zero attached hydrogens (tertiary/aromatic N) is 1. The highest BCUT2D eigenvalue weighted by molar-refractivity contribution is 4.81. The van der Waals surface area contributed by atoms with Crippen LogP contribution in [0, 0.1) is 0 Å². The molecule has 2 rings (SSSR count). The summed E-state index contributed by atoms with van der Waals surface area (Å²) in [7, 11) is 0. The molecule has 2 atom stereocenters. The van der Waals surface area contributed by atoms with E-state index >= 15 is 0 Å². The van der Waals surface area contributed by atoms with E-state index in [0.717, 1.165) is 52.1 Å². The lowest BCUT2D eigenvalue weighted by Gasteiger charge is -2.35. The molecule has 2 heterocycles. The number of ether oxygens (including phenoxy) is 2. The molecule has 0 aromatic rings. The number of rotatable bonds is 5. The maximum absolute atomic E-state index is 8.76. The Balaban J connectivity index is 1.70. The molecule has 1 N–H and O–H groups in total. The van der Waals surface area contributed by atoms with Crippen molar-refractivity contribution in [2.45, 2.75) is 37.9 Å². The lowest BCUT2D eigenvalue weighted by Crippen LogP contribution is -2.47. The van der Waals surface area contributed by atoms with Crippen LogP contribution in [0.4, 0.5) is 0 Å². The smallest absolute Gasteiger partial charge is 0.0963 e. The van der Waals surface area contributed by atoms with Crippen LogP contribution in [-0.2, 0) is 9.47 Å². The van der Waals surface area contributed by atoms with E-state index in [1.165, 1.54) is 6.42 Å². The molecule has 4 heteroatoms. The van der Waals surface area contributed by atoms with Crippen LogP contribution in [-0.4, -0.2) is 61.7 Å². The highest BCUT2D eigenvalue weighted by atomic mass is 16.5. The average molecular weight is 229 g/mol. The minimum absolute atomic E-state index is 0.269. The Bertz CT molecular complexity index is 195. The fourth-order valence-corrected chi connectivity index (χ4v) is 2.50. The van der Waals surface area contributed by atoms with Gasteiger partial charge in [-0.1, -0.05) is 0 Å². The maximum atomic E-state index is 8.76. The minimum Gasteiger partial charge on any atom is -0.396 e. The first-order valence-electron chi connectivity index (χ1n) is 6.46. The van der Waals surface area contributed by atoms with Gasteiger partial charge in [-0.25, -0.2) is 0 Å². The third kappa shape index (κ3) is 3.42. The SMILES string of the molecule is OCCCCN1CCOC(C2CCCO2)C1. The van der Waals surface area contributed by atoms with Gasteiger partial charge in [-0.3, -0.25) is 4.90 Å². The van der Waals surface area contributed by atoms with Gasteiger partial charge in [0.25, 0.3) is 0 Å². The van der Waals surface area contributed by atoms with E-state index < -0.39 is 0 Å². The molecular weight excluding hydrogens is 206 g/mol. The molecule has 4 nitrogen and oxygen atoms in total. The molecular formula is C12H23NO3. The average Bonchev–Trinajstić information content (AvgIpc) is 2.83. The van der Waals surface area contributed by atoms with Gasteiger partial charge in [-0.2, -0.15) is 0 Å². The summed E-state index contributed by atoms with van der Waals surface area (Å²) in [4.78, 5) is 2.44. The molecule has 0 saturated carbocycles. The fourth-order valence-electron chi connectivity index (χ4n) is 2.50. The monoisotopic (exact) mass is 229 g/mol. The summed E-state index contributed by atoms with van der Waals surface area (Å²) in [5.41, 5.74) is 0. The van der Waals surface area contributed by atoms with E-state index in [1.54, 1.807) is 0 Å². The van der Waals surface area contributed by atoms with Crippen molar-refractivity contribution in [1.82, 2.24) is 4.90 Å². The highest BCUT2D eigenvalue weighted by Crippen LogP contribution is 2.20. The number of aliphatic hydroxyl groups is 1. The molecule has 0 aromatic carbocycles. The summed E-state index contributed by atoms with van der Waals surface area (Å²) in [6, 6.07) is 0. The highest BCUT2D eigenvalue weighted by Gasteiger charge is 2.30. The Hall–Kier alpha value is -0.160. The Morgan fingerprint density at radius 2 is 2.00 bits per heavy atom. The molecule has 16 heavy (non-hydrogen) atoms. The summed E-state index contributed by atoms with van der Waals surface area (Å²) in [6.45, 7) is 5.12. The van der Waals surface area contributed by atoms with Crippen LogP contribution in [0.15, 0.2) is 0 Å². The lowest BCUT2D eigenvalue weighted by molar-refractivity contribution is -0.0944. The van der Waals surface area contributed by atoms with Crippen molar-refractivity contribution in [3.05, 3.63) is 0 Å². The lowest BCUT2D eigenvalue weighted by atomic mass is 10.1. The molecule has 2 saturated heterocycles. The number of unbranched alkanes of at least 4 members (excludes halogenated alkanes) is 1. The van der Waals surface area contributed by atoms with Crippen LogP contribution < -0.4 is 0 Å². The van der Waals surface area contributed by atoms with Gasteiger partial charge in [0.2, 0.25) is 0 Å². The van der Waals surface area contributed by atoms with Crippen molar-refractivity contribution in [2.24, 2.45) is 0 Å². The third-order valence-corrected chi connectivity index (χ3v) is 3.44. The molecule has 2 fully saturated rings. The summed E-state index contributed by atoms with van der Waals surface area (Å²) >= 11 is 0. The summed E-state index contributed by atoms with van der Waals surface area (Å²) < 4.78 is 11.5. The molecule has 0 amide bonds. The van der Waals surface area contributed by atoms with Crippen molar-refractivity contribution in [2.75, 3.05) is 39.5 Å². The number of hydrogen-bond acceptors (Lipinski definition) is 4. The van der Waals surface area contributed by atoms with Crippen LogP contribution in [0.2, 0.25) is 0 Å². The zero-order chi connectivity index (χ0) is 11.2. The van der Waals surface area contributed by atoms with Crippen molar-refractivity contribution >= 4 is 0 Å². The first-order valence-corrected chi connectivity index (χ1v) is 6.46. The number of aliphatic hydroxyl groups excluding tert-OH is 1.